The number of carbonyl (C=O) groups is 2. The van der Waals surface area contributed by atoms with Crippen molar-refractivity contribution in [1.29, 1.82) is 0 Å². The fourth-order valence-corrected chi connectivity index (χ4v) is 5.14. The summed E-state index contributed by atoms with van der Waals surface area (Å²) in [5.41, 5.74) is 1.88. The van der Waals surface area contributed by atoms with E-state index in [1.165, 1.54) is 13.3 Å². The molecule has 2 heterocycles. The van der Waals surface area contributed by atoms with Gasteiger partial charge in [0.05, 0.1) is 47.3 Å². The van der Waals surface area contributed by atoms with Crippen LogP contribution in [-0.4, -0.2) is 80.2 Å². The second kappa shape index (κ2) is 14.0. The van der Waals surface area contributed by atoms with Crippen molar-refractivity contribution in [2.45, 2.75) is 31.9 Å². The minimum atomic E-state index is -0.332. The maximum absolute atomic E-state index is 13.2. The first-order valence-corrected chi connectivity index (χ1v) is 14.2. The molecule has 2 aromatic carbocycles. The van der Waals surface area contributed by atoms with Crippen LogP contribution in [0.25, 0.3) is 0 Å². The van der Waals surface area contributed by atoms with E-state index >= 15 is 0 Å². The SMILES string of the molecule is CCc1cccc(Oc2nc(Nc3cc(Cl)c(C(=O)NC4CCN(C)C[C@@H]4OC)cc3OC)ncc2Cl)c1C(=O)NC. The summed E-state index contributed by atoms with van der Waals surface area (Å²) in [6.07, 6.45) is 2.62. The number of anilines is 2. The maximum atomic E-state index is 13.2. The number of hydrogen-bond donors (Lipinski definition) is 3. The summed E-state index contributed by atoms with van der Waals surface area (Å²) in [6.45, 7) is 3.50. The summed E-state index contributed by atoms with van der Waals surface area (Å²) in [5.74, 6) is 0.193. The van der Waals surface area contributed by atoms with Gasteiger partial charge in [0.2, 0.25) is 11.8 Å². The van der Waals surface area contributed by atoms with Gasteiger partial charge in [-0.2, -0.15) is 4.98 Å². The van der Waals surface area contributed by atoms with Crippen LogP contribution in [-0.2, 0) is 11.2 Å². The number of aromatic nitrogens is 2. The number of ether oxygens (including phenoxy) is 3. The van der Waals surface area contributed by atoms with Crippen molar-refractivity contribution in [2.24, 2.45) is 0 Å². The van der Waals surface area contributed by atoms with Gasteiger partial charge in [0.1, 0.15) is 16.5 Å². The van der Waals surface area contributed by atoms with Gasteiger partial charge in [0, 0.05) is 20.7 Å². The van der Waals surface area contributed by atoms with Gasteiger partial charge in [0.15, 0.2) is 0 Å². The Labute approximate surface area is 254 Å². The predicted octanol–water partition coefficient (Wildman–Crippen LogP) is 4.70. The Morgan fingerprint density at radius 2 is 1.90 bits per heavy atom. The molecule has 3 aromatic rings. The molecule has 13 heteroatoms. The molecule has 0 spiro atoms. The lowest BCUT2D eigenvalue weighted by Crippen LogP contribution is -2.53. The van der Waals surface area contributed by atoms with Crippen molar-refractivity contribution in [3.63, 3.8) is 0 Å². The van der Waals surface area contributed by atoms with Gasteiger partial charge in [-0.05, 0) is 50.2 Å². The second-order valence-electron chi connectivity index (χ2n) is 9.73. The number of piperidine rings is 1. The highest BCUT2D eigenvalue weighted by atomic mass is 35.5. The van der Waals surface area contributed by atoms with Gasteiger partial charge in [0.25, 0.3) is 11.8 Å². The number of likely N-dealkylation sites (tertiary alicyclic amines) is 1. The Kier molecular flexibility index (Phi) is 10.4. The minimum Gasteiger partial charge on any atom is -0.495 e. The highest BCUT2D eigenvalue weighted by Gasteiger charge is 2.30. The summed E-state index contributed by atoms with van der Waals surface area (Å²) in [5, 5.41) is 9.08. The standard InChI is InChI=1S/C29H34Cl2N6O5/c1-6-16-8-7-9-22(25(16)27(39)32-2)42-28-19(31)14-33-29(36-28)35-21-13-18(30)17(12-23(21)40-4)26(38)34-20-10-11-37(3)15-24(20)41-5/h7-9,12-14,20,24H,6,10-11,15H2,1-5H3,(H,32,39)(H,34,38)(H,33,35,36)/t20?,24-/m0/s1. The largest absolute Gasteiger partial charge is 0.495 e. The molecule has 2 atom stereocenters. The fourth-order valence-electron chi connectivity index (χ4n) is 4.76. The zero-order chi connectivity index (χ0) is 30.4. The summed E-state index contributed by atoms with van der Waals surface area (Å²) in [4.78, 5) is 36.6. The monoisotopic (exact) mass is 616 g/mol. The van der Waals surface area contributed by atoms with Crippen LogP contribution in [0.5, 0.6) is 17.4 Å². The molecule has 1 aromatic heterocycles. The summed E-state index contributed by atoms with van der Waals surface area (Å²) in [6, 6.07) is 8.28. The number of nitrogens with zero attached hydrogens (tertiary/aromatic N) is 3. The number of hydrogen-bond acceptors (Lipinski definition) is 9. The van der Waals surface area contributed by atoms with Crippen LogP contribution >= 0.6 is 23.2 Å². The zero-order valence-electron chi connectivity index (χ0n) is 24.1. The Morgan fingerprint density at radius 1 is 1.12 bits per heavy atom. The molecule has 11 nitrogen and oxygen atoms in total. The maximum Gasteiger partial charge on any atom is 0.255 e. The molecule has 3 N–H and O–H groups in total. The molecule has 1 aliphatic heterocycles. The average Bonchev–Trinajstić information content (AvgIpc) is 2.99. The van der Waals surface area contributed by atoms with E-state index in [4.69, 9.17) is 37.4 Å². The lowest BCUT2D eigenvalue weighted by molar-refractivity contribution is 0.0142. The van der Waals surface area contributed by atoms with Crippen LogP contribution in [0.4, 0.5) is 11.6 Å². The Hall–Kier alpha value is -3.64. The molecular weight excluding hydrogens is 583 g/mol. The van der Waals surface area contributed by atoms with Crippen molar-refractivity contribution >= 4 is 46.7 Å². The van der Waals surface area contributed by atoms with Crippen LogP contribution in [0.2, 0.25) is 10.0 Å². The number of amides is 2. The van der Waals surface area contributed by atoms with Crippen molar-refractivity contribution in [2.75, 3.05) is 46.7 Å². The van der Waals surface area contributed by atoms with Gasteiger partial charge in [-0.25, -0.2) is 4.98 Å². The lowest BCUT2D eigenvalue weighted by atomic mass is 10.0. The van der Waals surface area contributed by atoms with Crippen LogP contribution in [0.1, 0.15) is 39.6 Å². The number of aryl methyl sites for hydroxylation is 1. The number of carbonyl (C=O) groups excluding carboxylic acids is 2. The topological polar surface area (TPSA) is 127 Å². The van der Waals surface area contributed by atoms with Crippen molar-refractivity contribution in [3.05, 3.63) is 63.3 Å². The quantitative estimate of drug-likeness (QED) is 0.297. The minimum absolute atomic E-state index is 0.0412. The van der Waals surface area contributed by atoms with E-state index in [-0.39, 0.29) is 51.4 Å². The summed E-state index contributed by atoms with van der Waals surface area (Å²) in [7, 11) is 6.68. The fraction of sp³-hybridized carbons (Fsp3) is 0.379. The van der Waals surface area contributed by atoms with Crippen molar-refractivity contribution in [1.82, 2.24) is 25.5 Å². The molecule has 0 saturated carbocycles. The molecule has 2 amide bonds. The predicted molar refractivity (Wildman–Crippen MR) is 162 cm³/mol. The molecule has 1 saturated heterocycles. The Bertz CT molecular complexity index is 1460. The normalized spacial score (nSPS) is 16.9. The van der Waals surface area contributed by atoms with Crippen molar-refractivity contribution in [3.8, 4) is 17.4 Å². The molecule has 0 aliphatic carbocycles. The molecule has 4 rings (SSSR count). The molecule has 1 unspecified atom stereocenters. The first kappa shape index (κ1) is 31.3. The molecule has 0 radical (unpaired) electrons. The van der Waals surface area contributed by atoms with Gasteiger partial charge in [-0.15, -0.1) is 0 Å². The van der Waals surface area contributed by atoms with Gasteiger partial charge in [-0.1, -0.05) is 42.3 Å². The van der Waals surface area contributed by atoms with Crippen molar-refractivity contribution < 1.29 is 23.8 Å². The average molecular weight is 618 g/mol. The molecule has 1 aliphatic rings. The zero-order valence-corrected chi connectivity index (χ0v) is 25.6. The summed E-state index contributed by atoms with van der Waals surface area (Å²) >= 11 is 12.9. The smallest absolute Gasteiger partial charge is 0.255 e. The van der Waals surface area contributed by atoms with E-state index in [0.717, 1.165) is 18.5 Å². The molecular formula is C29H34Cl2N6O5. The van der Waals surface area contributed by atoms with Crippen LogP contribution in [0, 0.1) is 0 Å². The Balaban J connectivity index is 1.57. The molecule has 224 valence electrons. The number of benzene rings is 2. The third-order valence-electron chi connectivity index (χ3n) is 7.03. The van der Waals surface area contributed by atoms with E-state index in [0.29, 0.717) is 35.7 Å². The number of rotatable bonds is 10. The summed E-state index contributed by atoms with van der Waals surface area (Å²) < 4.78 is 17.1. The molecule has 0 bridgehead atoms. The first-order valence-electron chi connectivity index (χ1n) is 13.4. The van der Waals surface area contributed by atoms with Gasteiger partial charge < -0.3 is 35.1 Å². The first-order chi connectivity index (χ1) is 20.2. The highest BCUT2D eigenvalue weighted by molar-refractivity contribution is 6.34. The second-order valence-corrected chi connectivity index (χ2v) is 10.5. The van der Waals surface area contributed by atoms with Crippen LogP contribution in [0.3, 0.4) is 0 Å². The van der Waals surface area contributed by atoms with Crippen LogP contribution in [0.15, 0.2) is 36.5 Å². The Morgan fingerprint density at radius 3 is 2.60 bits per heavy atom. The van der Waals surface area contributed by atoms with Gasteiger partial charge >= 0.3 is 0 Å². The molecule has 1 fully saturated rings. The number of methoxy groups -OCH3 is 2. The highest BCUT2D eigenvalue weighted by Crippen LogP contribution is 2.35. The van der Waals surface area contributed by atoms with Gasteiger partial charge in [-0.3, -0.25) is 9.59 Å². The van der Waals surface area contributed by atoms with Crippen LogP contribution < -0.4 is 25.4 Å². The van der Waals surface area contributed by atoms with E-state index in [1.807, 2.05) is 20.0 Å². The van der Waals surface area contributed by atoms with E-state index in [2.05, 4.69) is 30.8 Å². The van der Waals surface area contributed by atoms with E-state index in [9.17, 15) is 9.59 Å². The third kappa shape index (κ3) is 7.04. The van der Waals surface area contributed by atoms with E-state index in [1.54, 1.807) is 38.4 Å². The third-order valence-corrected chi connectivity index (χ3v) is 7.60. The molecule has 42 heavy (non-hydrogen) atoms. The van der Waals surface area contributed by atoms with E-state index < -0.39 is 0 Å². The number of halogens is 2. The lowest BCUT2D eigenvalue weighted by Gasteiger charge is -2.36. The number of nitrogens with one attached hydrogen (secondary N) is 3. The number of likely N-dealkylation sites (N-methyl/N-ethyl adjacent to an activating group) is 1.